The number of allylic oxidation sites excluding steroid dienone is 8. The maximum absolute atomic E-state index is 3.14. The van der Waals surface area contributed by atoms with Crippen LogP contribution in [0.4, 0.5) is 0 Å². The summed E-state index contributed by atoms with van der Waals surface area (Å²) in [6.45, 7) is 0. The summed E-state index contributed by atoms with van der Waals surface area (Å²) in [6, 6.07) is 0. The first kappa shape index (κ1) is 20.3. The van der Waals surface area contributed by atoms with Gasteiger partial charge in [-0.2, -0.15) is 0 Å². The highest BCUT2D eigenvalue weighted by atomic mass is 31.0. The summed E-state index contributed by atoms with van der Waals surface area (Å²) in [5.41, 5.74) is 0. The van der Waals surface area contributed by atoms with Crippen LogP contribution in [0.2, 0.25) is 0 Å². The Bertz CT molecular complexity index is 670. The van der Waals surface area contributed by atoms with Gasteiger partial charge in [-0.3, -0.25) is 0 Å². The van der Waals surface area contributed by atoms with Crippen molar-refractivity contribution in [1.82, 2.24) is 0 Å². The van der Waals surface area contributed by atoms with Gasteiger partial charge in [0.05, 0.1) is 0 Å². The van der Waals surface area contributed by atoms with Crippen molar-refractivity contribution in [2.45, 2.75) is 64.2 Å². The molecule has 0 radical (unpaired) electrons. The summed E-state index contributed by atoms with van der Waals surface area (Å²) in [7, 11) is 3.14. The molecule has 5 rings (SSSR count). The average molecular weight is 409 g/mol. The monoisotopic (exact) mass is 408 g/mol. The van der Waals surface area contributed by atoms with Gasteiger partial charge in [-0.15, -0.1) is 9.24 Å². The van der Waals surface area contributed by atoms with E-state index in [2.05, 4.69) is 57.8 Å². The van der Waals surface area contributed by atoms with Gasteiger partial charge in [0.2, 0.25) is 0 Å². The molecule has 5 aliphatic rings. The van der Waals surface area contributed by atoms with E-state index in [1.165, 1.54) is 70.4 Å². The molecule has 1 fully saturated rings. The predicted molar refractivity (Wildman–Crippen MR) is 129 cm³/mol. The third-order valence-corrected chi connectivity index (χ3v) is 9.88. The van der Waals surface area contributed by atoms with Gasteiger partial charge in [0.25, 0.3) is 0 Å². The smallest absolute Gasteiger partial charge is 0.0162 e. The van der Waals surface area contributed by atoms with Crippen LogP contribution >= 0.6 is 9.24 Å². The molecule has 0 spiro atoms. The summed E-state index contributed by atoms with van der Waals surface area (Å²) < 4.78 is 0. The second kappa shape index (κ2) is 9.26. The van der Waals surface area contributed by atoms with Gasteiger partial charge >= 0.3 is 0 Å². The fourth-order valence-electron chi connectivity index (χ4n) is 7.90. The SMILES string of the molecule is PCC(CC1C=CCCC1)C1CC=CC2CC=CC(C3CC4C=CCCC4C3)C21. The van der Waals surface area contributed by atoms with E-state index < -0.39 is 0 Å². The molecule has 0 N–H and O–H groups in total. The van der Waals surface area contributed by atoms with Gasteiger partial charge in [0, 0.05) is 0 Å². The van der Waals surface area contributed by atoms with Crippen LogP contribution in [0.1, 0.15) is 64.2 Å². The van der Waals surface area contributed by atoms with Gasteiger partial charge in [0.15, 0.2) is 0 Å². The van der Waals surface area contributed by atoms with Crippen molar-refractivity contribution in [3.63, 3.8) is 0 Å². The number of fused-ring (bicyclic) bond motifs is 2. The summed E-state index contributed by atoms with van der Waals surface area (Å²) >= 11 is 0. The molecule has 5 aliphatic carbocycles. The summed E-state index contributed by atoms with van der Waals surface area (Å²) in [5, 5.41) is 0. The van der Waals surface area contributed by atoms with E-state index in [-0.39, 0.29) is 0 Å². The minimum atomic E-state index is 0.808. The van der Waals surface area contributed by atoms with Gasteiger partial charge in [-0.05, 0) is 124 Å². The van der Waals surface area contributed by atoms with Crippen molar-refractivity contribution in [2.24, 2.45) is 53.3 Å². The minimum Gasteiger partial charge on any atom is -0.137 e. The van der Waals surface area contributed by atoms with Gasteiger partial charge in [-0.25, -0.2) is 0 Å². The average Bonchev–Trinajstić information content (AvgIpc) is 3.21. The molecule has 158 valence electrons. The molecule has 0 aromatic heterocycles. The maximum atomic E-state index is 3.14. The highest BCUT2D eigenvalue weighted by Crippen LogP contribution is 2.54. The molecule has 0 saturated heterocycles. The molecule has 0 bridgehead atoms. The van der Waals surface area contributed by atoms with Gasteiger partial charge in [-0.1, -0.05) is 48.6 Å². The lowest BCUT2D eigenvalue weighted by molar-refractivity contribution is 0.0907. The van der Waals surface area contributed by atoms with Crippen LogP contribution in [0.5, 0.6) is 0 Å². The number of rotatable bonds is 5. The Kier molecular flexibility index (Phi) is 6.48. The molecule has 0 heterocycles. The summed E-state index contributed by atoms with van der Waals surface area (Å²) in [5.74, 6) is 7.98. The Morgan fingerprint density at radius 1 is 0.793 bits per heavy atom. The Morgan fingerprint density at radius 2 is 1.66 bits per heavy atom. The zero-order valence-corrected chi connectivity index (χ0v) is 19.3. The fourth-order valence-corrected chi connectivity index (χ4v) is 8.44. The van der Waals surface area contributed by atoms with Crippen molar-refractivity contribution in [2.75, 3.05) is 6.16 Å². The largest absolute Gasteiger partial charge is 0.137 e. The molecule has 10 atom stereocenters. The third-order valence-electron chi connectivity index (χ3n) is 9.28. The lowest BCUT2D eigenvalue weighted by atomic mass is 9.58. The van der Waals surface area contributed by atoms with Gasteiger partial charge in [0.1, 0.15) is 0 Å². The maximum Gasteiger partial charge on any atom is -0.0162 e. The van der Waals surface area contributed by atoms with E-state index in [0.717, 1.165) is 53.3 Å². The molecule has 0 aromatic rings. The first-order valence-electron chi connectivity index (χ1n) is 12.7. The topological polar surface area (TPSA) is 0 Å². The quantitative estimate of drug-likeness (QED) is 0.324. The predicted octanol–water partition coefficient (Wildman–Crippen LogP) is 7.60. The zero-order chi connectivity index (χ0) is 19.6. The highest BCUT2D eigenvalue weighted by molar-refractivity contribution is 7.16. The Labute approximate surface area is 181 Å². The van der Waals surface area contributed by atoms with Crippen molar-refractivity contribution in [1.29, 1.82) is 0 Å². The van der Waals surface area contributed by atoms with Crippen LogP contribution in [-0.4, -0.2) is 6.16 Å². The molecule has 0 nitrogen and oxygen atoms in total. The zero-order valence-electron chi connectivity index (χ0n) is 18.2. The molecule has 1 saturated carbocycles. The standard InChI is InChI=1S/C28H41P/c29-19-25(16-20-8-2-1-3-9-20)27-15-7-13-21-12-6-14-26(28(21)27)24-17-22-10-4-5-11-23(22)18-24/h2,4,6-8,10,13-14,20-28H,1,3,5,9,11-12,15-19,29H2. The lowest BCUT2D eigenvalue weighted by Gasteiger charge is -2.47. The molecule has 0 amide bonds. The van der Waals surface area contributed by atoms with Crippen LogP contribution in [0.25, 0.3) is 0 Å². The fraction of sp³-hybridized carbons (Fsp3) is 0.714. The van der Waals surface area contributed by atoms with E-state index in [1.54, 1.807) is 0 Å². The van der Waals surface area contributed by atoms with Gasteiger partial charge < -0.3 is 0 Å². The summed E-state index contributed by atoms with van der Waals surface area (Å²) in [6.07, 6.45) is 35.7. The van der Waals surface area contributed by atoms with E-state index in [0.29, 0.717) is 0 Å². The van der Waals surface area contributed by atoms with E-state index in [4.69, 9.17) is 0 Å². The molecule has 0 aliphatic heterocycles. The first-order chi connectivity index (χ1) is 14.3. The molecular weight excluding hydrogens is 367 g/mol. The second-order valence-electron chi connectivity index (χ2n) is 10.8. The number of hydrogen-bond donors (Lipinski definition) is 0. The van der Waals surface area contributed by atoms with Crippen LogP contribution < -0.4 is 0 Å². The van der Waals surface area contributed by atoms with Crippen LogP contribution in [0.3, 0.4) is 0 Å². The van der Waals surface area contributed by atoms with Crippen molar-refractivity contribution >= 4 is 9.24 Å². The van der Waals surface area contributed by atoms with Crippen molar-refractivity contribution in [3.05, 3.63) is 48.6 Å². The summed E-state index contributed by atoms with van der Waals surface area (Å²) in [4.78, 5) is 0. The van der Waals surface area contributed by atoms with E-state index >= 15 is 0 Å². The molecular formula is C28H41P. The van der Waals surface area contributed by atoms with E-state index in [1.807, 2.05) is 0 Å². The molecule has 10 unspecified atom stereocenters. The van der Waals surface area contributed by atoms with Crippen LogP contribution in [0, 0.1) is 53.3 Å². The number of hydrogen-bond acceptors (Lipinski definition) is 0. The van der Waals surface area contributed by atoms with Crippen molar-refractivity contribution < 1.29 is 0 Å². The molecule has 0 aromatic carbocycles. The first-order valence-corrected chi connectivity index (χ1v) is 13.5. The van der Waals surface area contributed by atoms with Crippen LogP contribution in [-0.2, 0) is 0 Å². The second-order valence-corrected chi connectivity index (χ2v) is 11.3. The van der Waals surface area contributed by atoms with Crippen molar-refractivity contribution in [3.8, 4) is 0 Å². The Balaban J connectivity index is 1.35. The molecule has 1 heteroatoms. The Hall–Kier alpha value is -0.610. The lowest BCUT2D eigenvalue weighted by Crippen LogP contribution is -2.40. The van der Waals surface area contributed by atoms with E-state index in [9.17, 15) is 0 Å². The van der Waals surface area contributed by atoms with Crippen LogP contribution in [0.15, 0.2) is 48.6 Å². The molecule has 29 heavy (non-hydrogen) atoms. The highest BCUT2D eigenvalue weighted by Gasteiger charge is 2.46. The normalized spacial score (nSPS) is 44.4. The third kappa shape index (κ3) is 4.26. The minimum absolute atomic E-state index is 0.808. The Morgan fingerprint density at radius 3 is 2.48 bits per heavy atom.